The number of nitrogens with one attached hydrogen (secondary N) is 3. The predicted molar refractivity (Wildman–Crippen MR) is 96.0 cm³/mol. The van der Waals surface area contributed by atoms with Crippen molar-refractivity contribution >= 4 is 11.6 Å². The maximum Gasteiger partial charge on any atom is 0.416 e. The first-order valence-electron chi connectivity index (χ1n) is 8.75. The number of hydrogen-bond acceptors (Lipinski definition) is 4. The second-order valence-corrected chi connectivity index (χ2v) is 6.84. The summed E-state index contributed by atoms with van der Waals surface area (Å²) in [5.41, 5.74) is 3.14. The number of halogens is 3. The summed E-state index contributed by atoms with van der Waals surface area (Å²) in [6, 6.07) is 5.07. The molecule has 0 unspecified atom stereocenters. The first-order chi connectivity index (χ1) is 13.1. The van der Waals surface area contributed by atoms with Crippen LogP contribution >= 0.6 is 0 Å². The summed E-state index contributed by atoms with van der Waals surface area (Å²) >= 11 is 0. The van der Waals surface area contributed by atoms with Crippen LogP contribution in [-0.4, -0.2) is 21.9 Å². The molecule has 1 heterocycles. The summed E-state index contributed by atoms with van der Waals surface area (Å²) in [5, 5.41) is 2.72. The maximum atomic E-state index is 12.9. The molecule has 1 aromatic heterocycles. The molecule has 0 saturated heterocycles. The highest BCUT2D eigenvalue weighted by Gasteiger charge is 2.32. The van der Waals surface area contributed by atoms with E-state index in [1.165, 1.54) is 12.1 Å². The van der Waals surface area contributed by atoms with Crippen LogP contribution in [0.2, 0.25) is 0 Å². The van der Waals surface area contributed by atoms with Crippen LogP contribution in [-0.2, 0) is 6.18 Å². The molecule has 0 radical (unpaired) electrons. The molecule has 1 amide bonds. The normalized spacial score (nSPS) is 20.0. The largest absolute Gasteiger partial charge is 0.416 e. The molecule has 1 fully saturated rings. The molecule has 0 atom stereocenters. The molecule has 2 aromatic rings. The number of rotatable bonds is 3. The van der Waals surface area contributed by atoms with Gasteiger partial charge < -0.3 is 16.0 Å². The topological polar surface area (TPSA) is 121 Å². The third-order valence-corrected chi connectivity index (χ3v) is 4.95. The molecule has 7 nitrogen and oxygen atoms in total. The minimum atomic E-state index is -4.38. The Labute approximate surface area is 157 Å². The number of nitrogens with two attached hydrogens (primary N) is 1. The van der Waals surface area contributed by atoms with Crippen molar-refractivity contribution in [3.05, 3.63) is 61.9 Å². The highest BCUT2D eigenvalue weighted by molar-refractivity contribution is 5.96. The Morgan fingerprint density at radius 3 is 2.43 bits per heavy atom. The number of aromatic amines is 2. The summed E-state index contributed by atoms with van der Waals surface area (Å²) in [6.07, 6.45) is -2.06. The van der Waals surface area contributed by atoms with Gasteiger partial charge in [-0.1, -0.05) is 18.2 Å². The van der Waals surface area contributed by atoms with Crippen LogP contribution in [0.3, 0.4) is 0 Å². The average Bonchev–Trinajstić information content (AvgIpc) is 2.64. The first kappa shape index (κ1) is 19.7. The lowest BCUT2D eigenvalue weighted by molar-refractivity contribution is -0.137. The van der Waals surface area contributed by atoms with E-state index in [1.807, 2.05) is 4.98 Å². The van der Waals surface area contributed by atoms with E-state index in [0.717, 1.165) is 6.07 Å². The van der Waals surface area contributed by atoms with E-state index in [-0.39, 0.29) is 23.3 Å². The van der Waals surface area contributed by atoms with Crippen molar-refractivity contribution < 1.29 is 18.0 Å². The Balaban J connectivity index is 1.64. The van der Waals surface area contributed by atoms with Crippen LogP contribution in [0.25, 0.3) is 0 Å². The lowest BCUT2D eigenvalue weighted by Crippen LogP contribution is -2.40. The van der Waals surface area contributed by atoms with Crippen LogP contribution in [0.15, 0.2) is 33.9 Å². The van der Waals surface area contributed by atoms with Gasteiger partial charge in [0.2, 0.25) is 0 Å². The summed E-state index contributed by atoms with van der Waals surface area (Å²) < 4.78 is 38.7. The molecule has 3 rings (SSSR count). The van der Waals surface area contributed by atoms with Crippen LogP contribution < -0.4 is 22.3 Å². The highest BCUT2D eigenvalue weighted by atomic mass is 19.4. The second kappa shape index (κ2) is 7.53. The van der Waals surface area contributed by atoms with E-state index in [4.69, 9.17) is 5.73 Å². The van der Waals surface area contributed by atoms with E-state index in [0.29, 0.717) is 31.2 Å². The van der Waals surface area contributed by atoms with Gasteiger partial charge in [0, 0.05) is 6.04 Å². The molecule has 150 valence electrons. The number of hydrogen-bond donors (Lipinski definition) is 4. The SMILES string of the molecule is Nc1c(C(=O)N[C@H]2CC[C@@H](c3cccc(C(F)(F)F)c3)CC2)[nH]c(=O)[nH]c1=O. The van der Waals surface area contributed by atoms with E-state index in [2.05, 4.69) is 10.3 Å². The van der Waals surface area contributed by atoms with Crippen LogP contribution in [0, 0.1) is 0 Å². The van der Waals surface area contributed by atoms with Gasteiger partial charge in [0.05, 0.1) is 5.56 Å². The Morgan fingerprint density at radius 1 is 1.11 bits per heavy atom. The number of amides is 1. The Kier molecular flexibility index (Phi) is 5.30. The zero-order chi connectivity index (χ0) is 20.5. The van der Waals surface area contributed by atoms with E-state index in [9.17, 15) is 27.6 Å². The third kappa shape index (κ3) is 4.26. The van der Waals surface area contributed by atoms with E-state index >= 15 is 0 Å². The lowest BCUT2D eigenvalue weighted by Gasteiger charge is -2.29. The molecular formula is C18H19F3N4O3. The van der Waals surface area contributed by atoms with Crippen molar-refractivity contribution in [1.82, 2.24) is 15.3 Å². The minimum absolute atomic E-state index is 0.0279. The number of benzene rings is 1. The summed E-state index contributed by atoms with van der Waals surface area (Å²) in [7, 11) is 0. The van der Waals surface area contributed by atoms with Crippen molar-refractivity contribution in [3.8, 4) is 0 Å². The number of H-pyrrole nitrogens is 2. The van der Waals surface area contributed by atoms with Crippen LogP contribution in [0.5, 0.6) is 0 Å². The zero-order valence-corrected chi connectivity index (χ0v) is 14.7. The Hall–Kier alpha value is -3.04. The third-order valence-electron chi connectivity index (χ3n) is 4.95. The summed E-state index contributed by atoms with van der Waals surface area (Å²) in [6.45, 7) is 0. The second-order valence-electron chi connectivity index (χ2n) is 6.84. The van der Waals surface area contributed by atoms with Gasteiger partial charge in [0.1, 0.15) is 11.4 Å². The van der Waals surface area contributed by atoms with Gasteiger partial charge in [-0.05, 0) is 43.2 Å². The van der Waals surface area contributed by atoms with E-state index < -0.39 is 28.9 Å². The van der Waals surface area contributed by atoms with E-state index in [1.54, 1.807) is 6.07 Å². The molecular weight excluding hydrogens is 377 g/mol. The van der Waals surface area contributed by atoms with Crippen molar-refractivity contribution in [2.75, 3.05) is 5.73 Å². The van der Waals surface area contributed by atoms with Gasteiger partial charge in [0.25, 0.3) is 11.5 Å². The predicted octanol–water partition coefficient (Wildman–Crippen LogP) is 2.12. The van der Waals surface area contributed by atoms with Gasteiger partial charge in [-0.3, -0.25) is 14.6 Å². The van der Waals surface area contributed by atoms with Gasteiger partial charge >= 0.3 is 11.9 Å². The fraction of sp³-hybridized carbons (Fsp3) is 0.389. The molecule has 1 saturated carbocycles. The maximum absolute atomic E-state index is 12.9. The van der Waals surface area contributed by atoms with Crippen LogP contribution in [0.1, 0.15) is 53.2 Å². The first-order valence-corrected chi connectivity index (χ1v) is 8.75. The zero-order valence-electron chi connectivity index (χ0n) is 14.7. The molecule has 5 N–H and O–H groups in total. The lowest BCUT2D eigenvalue weighted by atomic mass is 9.81. The molecule has 1 aliphatic rings. The molecule has 0 aliphatic heterocycles. The number of carbonyl (C=O) groups is 1. The van der Waals surface area contributed by atoms with Gasteiger partial charge in [0.15, 0.2) is 0 Å². The molecule has 1 aliphatic carbocycles. The Morgan fingerprint density at radius 2 is 1.79 bits per heavy atom. The molecule has 0 bridgehead atoms. The smallest absolute Gasteiger partial charge is 0.392 e. The summed E-state index contributed by atoms with van der Waals surface area (Å²) in [5.74, 6) is -0.692. The van der Waals surface area contributed by atoms with Crippen molar-refractivity contribution in [1.29, 1.82) is 0 Å². The Bertz CT molecular complexity index is 989. The van der Waals surface area contributed by atoms with Crippen molar-refractivity contribution in [2.24, 2.45) is 0 Å². The number of nitrogen functional groups attached to an aromatic ring is 1. The fourth-order valence-corrected chi connectivity index (χ4v) is 3.47. The molecule has 0 spiro atoms. The molecule has 1 aromatic carbocycles. The molecule has 28 heavy (non-hydrogen) atoms. The van der Waals surface area contributed by atoms with Crippen molar-refractivity contribution in [2.45, 2.75) is 43.8 Å². The number of carbonyl (C=O) groups excluding carboxylic acids is 1. The van der Waals surface area contributed by atoms with Crippen LogP contribution in [0.4, 0.5) is 18.9 Å². The summed E-state index contributed by atoms with van der Waals surface area (Å²) in [4.78, 5) is 39.3. The fourth-order valence-electron chi connectivity index (χ4n) is 3.47. The van der Waals surface area contributed by atoms with Gasteiger partial charge in [-0.15, -0.1) is 0 Å². The monoisotopic (exact) mass is 396 g/mol. The average molecular weight is 396 g/mol. The number of alkyl halides is 3. The quantitative estimate of drug-likeness (QED) is 0.635. The van der Waals surface area contributed by atoms with Gasteiger partial charge in [-0.2, -0.15) is 13.2 Å². The standard InChI is InChI=1S/C18H19F3N4O3/c19-18(20,21)11-3-1-2-10(8-11)9-4-6-12(7-5-9)23-16(27)14-13(22)15(26)25-17(28)24-14/h1-3,8-9,12H,4-7,22H2,(H,23,27)(H2,24,25,26,28)/t9-,12+. The number of anilines is 1. The number of aromatic nitrogens is 2. The van der Waals surface area contributed by atoms with Crippen molar-refractivity contribution in [3.63, 3.8) is 0 Å². The minimum Gasteiger partial charge on any atom is -0.392 e. The highest BCUT2D eigenvalue weighted by Crippen LogP contribution is 2.36. The molecule has 10 heteroatoms. The van der Waals surface area contributed by atoms with Gasteiger partial charge in [-0.25, -0.2) is 4.79 Å².